The van der Waals surface area contributed by atoms with Crippen LogP contribution in [0.5, 0.6) is 0 Å². The van der Waals surface area contributed by atoms with Gasteiger partial charge in [-0.3, -0.25) is 4.79 Å². The topological polar surface area (TPSA) is 97.2 Å². The van der Waals surface area contributed by atoms with E-state index in [1.54, 1.807) is 31.2 Å². The van der Waals surface area contributed by atoms with Crippen molar-refractivity contribution in [2.24, 2.45) is 0 Å². The highest BCUT2D eigenvalue weighted by Gasteiger charge is 2.31. The predicted octanol–water partition coefficient (Wildman–Crippen LogP) is 3.64. The van der Waals surface area contributed by atoms with Crippen molar-refractivity contribution in [3.63, 3.8) is 0 Å². The molecule has 1 unspecified atom stereocenters. The van der Waals surface area contributed by atoms with E-state index in [0.29, 0.717) is 36.4 Å². The first-order valence-electron chi connectivity index (χ1n) is 11.0. The maximum atomic E-state index is 12.9. The van der Waals surface area contributed by atoms with E-state index in [4.69, 9.17) is 0 Å². The molecule has 2 heterocycles. The van der Waals surface area contributed by atoms with Gasteiger partial charge in [0.05, 0.1) is 10.1 Å². The molecule has 10 heteroatoms. The first kappa shape index (κ1) is 23.0. The Hall–Kier alpha value is -2.17. The molecule has 1 aromatic heterocycles. The minimum Gasteiger partial charge on any atom is -0.325 e. The maximum absolute atomic E-state index is 12.9. The van der Waals surface area contributed by atoms with Gasteiger partial charge < -0.3 is 9.88 Å². The Bertz CT molecular complexity index is 1090. The van der Waals surface area contributed by atoms with Gasteiger partial charge in [0.25, 0.3) is 0 Å². The van der Waals surface area contributed by atoms with Crippen LogP contribution in [0.2, 0.25) is 0 Å². The van der Waals surface area contributed by atoms with Gasteiger partial charge in [0, 0.05) is 31.2 Å². The second kappa shape index (κ2) is 9.76. The second-order valence-electron chi connectivity index (χ2n) is 8.26. The first-order chi connectivity index (χ1) is 15.4. The molecule has 2 aromatic rings. The van der Waals surface area contributed by atoms with Gasteiger partial charge in [0.1, 0.15) is 5.82 Å². The van der Waals surface area contributed by atoms with Crippen LogP contribution < -0.4 is 5.32 Å². The Balaban J connectivity index is 1.44. The molecule has 1 saturated carbocycles. The molecule has 1 aliphatic heterocycles. The predicted molar refractivity (Wildman–Crippen MR) is 125 cm³/mol. The number of anilines is 1. The average molecular weight is 476 g/mol. The monoisotopic (exact) mass is 475 g/mol. The van der Waals surface area contributed by atoms with Crippen LogP contribution in [-0.4, -0.2) is 51.7 Å². The van der Waals surface area contributed by atoms with Crippen LogP contribution in [0.25, 0.3) is 0 Å². The largest absolute Gasteiger partial charge is 0.325 e. The average Bonchev–Trinajstić information content (AvgIpc) is 3.57. The lowest BCUT2D eigenvalue weighted by atomic mass is 10.2. The van der Waals surface area contributed by atoms with Crippen molar-refractivity contribution < 1.29 is 13.2 Å². The second-order valence-corrected chi connectivity index (χ2v) is 11.5. The minimum atomic E-state index is -3.55. The zero-order valence-electron chi connectivity index (χ0n) is 18.2. The van der Waals surface area contributed by atoms with Gasteiger partial charge in [-0.1, -0.05) is 30.3 Å². The third-order valence-corrected chi connectivity index (χ3v) is 8.68. The zero-order valence-corrected chi connectivity index (χ0v) is 19.9. The summed E-state index contributed by atoms with van der Waals surface area (Å²) < 4.78 is 29.4. The summed E-state index contributed by atoms with van der Waals surface area (Å²) in [7, 11) is -3.55. The highest BCUT2D eigenvalue weighted by molar-refractivity contribution is 8.00. The zero-order chi connectivity index (χ0) is 22.7. The van der Waals surface area contributed by atoms with E-state index in [-0.39, 0.29) is 10.8 Å². The number of carbonyl (C=O) groups excluding carboxylic acids is 1. The smallest absolute Gasteiger partial charge is 0.243 e. The number of rotatable bonds is 9. The Morgan fingerprint density at radius 2 is 2.03 bits per heavy atom. The molecule has 32 heavy (non-hydrogen) atoms. The van der Waals surface area contributed by atoms with E-state index < -0.39 is 15.3 Å². The standard InChI is InChI=1S/C22H29N5O3S2/c1-3-12-27-20(17-10-11-17)24-25-22(27)31-16(2)21(28)23-18-8-7-9-19(15-18)32(29,30)26-13-5-4-6-14-26/h3,7-9,15-17H,1,4-6,10-14H2,2H3,(H,23,28). The molecule has 2 aliphatic rings. The van der Waals surface area contributed by atoms with Crippen LogP contribution in [0, 0.1) is 0 Å². The molecule has 172 valence electrons. The van der Waals surface area contributed by atoms with Crippen molar-refractivity contribution in [2.45, 2.75) is 66.8 Å². The minimum absolute atomic E-state index is 0.206. The van der Waals surface area contributed by atoms with Crippen LogP contribution in [0.1, 0.15) is 50.8 Å². The molecule has 1 N–H and O–H groups in total. The molecule has 0 radical (unpaired) electrons. The number of allylic oxidation sites excluding steroid dienone is 1. The molecule has 1 aliphatic carbocycles. The number of nitrogens with one attached hydrogen (secondary N) is 1. The Morgan fingerprint density at radius 3 is 2.72 bits per heavy atom. The number of hydrogen-bond donors (Lipinski definition) is 1. The summed E-state index contributed by atoms with van der Waals surface area (Å²) in [5, 5.41) is 11.7. The molecule has 1 amide bonds. The number of sulfonamides is 1. The summed E-state index contributed by atoms with van der Waals surface area (Å²) in [5.41, 5.74) is 0.465. The molecule has 4 rings (SSSR count). The van der Waals surface area contributed by atoms with Gasteiger partial charge >= 0.3 is 0 Å². The molecule has 1 aromatic carbocycles. The number of piperidine rings is 1. The number of amides is 1. The van der Waals surface area contributed by atoms with Crippen molar-refractivity contribution in [1.29, 1.82) is 0 Å². The summed E-state index contributed by atoms with van der Waals surface area (Å²) in [5.74, 6) is 1.18. The van der Waals surface area contributed by atoms with Crippen molar-refractivity contribution in [3.8, 4) is 0 Å². The quantitative estimate of drug-likeness (QED) is 0.439. The maximum Gasteiger partial charge on any atom is 0.243 e. The first-order valence-corrected chi connectivity index (χ1v) is 13.3. The highest BCUT2D eigenvalue weighted by atomic mass is 32.2. The summed E-state index contributed by atoms with van der Waals surface area (Å²) in [4.78, 5) is 13.0. The summed E-state index contributed by atoms with van der Waals surface area (Å²) in [6, 6.07) is 6.47. The molecule has 0 bridgehead atoms. The van der Waals surface area contributed by atoms with Crippen LogP contribution in [0.3, 0.4) is 0 Å². The third kappa shape index (κ3) is 5.07. The van der Waals surface area contributed by atoms with Crippen LogP contribution in [-0.2, 0) is 21.4 Å². The van der Waals surface area contributed by atoms with E-state index >= 15 is 0 Å². The van der Waals surface area contributed by atoms with Gasteiger partial charge in [0.2, 0.25) is 15.9 Å². The van der Waals surface area contributed by atoms with Crippen LogP contribution in [0.4, 0.5) is 5.69 Å². The number of thioether (sulfide) groups is 1. The lowest BCUT2D eigenvalue weighted by Crippen LogP contribution is -2.35. The van der Waals surface area contributed by atoms with E-state index in [1.807, 2.05) is 4.57 Å². The summed E-state index contributed by atoms with van der Waals surface area (Å²) in [6.45, 7) is 7.30. The number of hydrogen-bond acceptors (Lipinski definition) is 6. The van der Waals surface area contributed by atoms with Crippen molar-refractivity contribution >= 4 is 33.4 Å². The van der Waals surface area contributed by atoms with E-state index in [0.717, 1.165) is 37.9 Å². The van der Waals surface area contributed by atoms with Crippen LogP contribution >= 0.6 is 11.8 Å². The van der Waals surface area contributed by atoms with Gasteiger partial charge in [-0.15, -0.1) is 16.8 Å². The van der Waals surface area contributed by atoms with Gasteiger partial charge in [-0.2, -0.15) is 4.31 Å². The highest BCUT2D eigenvalue weighted by Crippen LogP contribution is 2.40. The van der Waals surface area contributed by atoms with Gasteiger partial charge in [-0.25, -0.2) is 8.42 Å². The molecule has 1 saturated heterocycles. The number of benzene rings is 1. The Labute approximate surface area is 193 Å². The van der Waals surface area contributed by atoms with Crippen molar-refractivity contribution in [2.75, 3.05) is 18.4 Å². The molecule has 1 atom stereocenters. The summed E-state index contributed by atoms with van der Waals surface area (Å²) >= 11 is 1.34. The molecule has 8 nitrogen and oxygen atoms in total. The molecular weight excluding hydrogens is 446 g/mol. The third-order valence-electron chi connectivity index (χ3n) is 5.71. The normalized spacial score (nSPS) is 18.3. The summed E-state index contributed by atoms with van der Waals surface area (Å²) in [6.07, 6.45) is 6.85. The van der Waals surface area contributed by atoms with E-state index in [2.05, 4.69) is 22.1 Å². The van der Waals surface area contributed by atoms with Crippen molar-refractivity contribution in [3.05, 3.63) is 42.7 Å². The van der Waals surface area contributed by atoms with E-state index in [9.17, 15) is 13.2 Å². The Morgan fingerprint density at radius 1 is 1.28 bits per heavy atom. The molecule has 2 fully saturated rings. The SMILES string of the molecule is C=CCn1c(SC(C)C(=O)Nc2cccc(S(=O)(=O)N3CCCCC3)c2)nnc1C1CC1. The fourth-order valence-electron chi connectivity index (χ4n) is 3.78. The Kier molecular flexibility index (Phi) is 7.02. The number of carbonyl (C=O) groups is 1. The van der Waals surface area contributed by atoms with E-state index in [1.165, 1.54) is 22.1 Å². The fourth-order valence-corrected chi connectivity index (χ4v) is 6.20. The molecule has 0 spiro atoms. The lowest BCUT2D eigenvalue weighted by molar-refractivity contribution is -0.115. The van der Waals surface area contributed by atoms with Crippen LogP contribution in [0.15, 0.2) is 47.0 Å². The van der Waals surface area contributed by atoms with Crippen molar-refractivity contribution in [1.82, 2.24) is 19.1 Å². The molecular formula is C22H29N5O3S2. The fraction of sp³-hybridized carbons (Fsp3) is 0.500. The number of nitrogens with zero attached hydrogens (tertiary/aromatic N) is 4. The van der Waals surface area contributed by atoms with Gasteiger partial charge in [-0.05, 0) is 50.8 Å². The lowest BCUT2D eigenvalue weighted by Gasteiger charge is -2.26. The van der Waals surface area contributed by atoms with Gasteiger partial charge in [0.15, 0.2) is 5.16 Å². The number of aromatic nitrogens is 3.